The fraction of sp³-hybridized carbons (Fsp3) is 0.692. The molecule has 20 heavy (non-hydrogen) atoms. The first kappa shape index (κ1) is 16.3. The molecule has 1 rings (SSSR count). The molecule has 1 heterocycles. The summed E-state index contributed by atoms with van der Waals surface area (Å²) in [5.41, 5.74) is 0. The summed E-state index contributed by atoms with van der Waals surface area (Å²) in [6.07, 6.45) is 6.39. The summed E-state index contributed by atoms with van der Waals surface area (Å²) >= 11 is 0. The van der Waals surface area contributed by atoms with E-state index in [1.54, 1.807) is 4.90 Å². The van der Waals surface area contributed by atoms with Gasteiger partial charge in [-0.1, -0.05) is 0 Å². The number of nitrogens with zero attached hydrogens (tertiary/aromatic N) is 1. The van der Waals surface area contributed by atoms with Gasteiger partial charge >= 0.3 is 12.0 Å². The van der Waals surface area contributed by atoms with Gasteiger partial charge in [0.05, 0.1) is 19.3 Å². The van der Waals surface area contributed by atoms with Crippen LogP contribution in [-0.4, -0.2) is 65.6 Å². The van der Waals surface area contributed by atoms with Crippen molar-refractivity contribution in [3.8, 4) is 12.3 Å². The average molecular weight is 284 g/mol. The Hall–Kier alpha value is -1.78. The summed E-state index contributed by atoms with van der Waals surface area (Å²) in [5, 5.41) is 20.0. The quantitative estimate of drug-likeness (QED) is 0.579. The highest BCUT2D eigenvalue weighted by atomic mass is 16.5. The number of hydrogen-bond acceptors (Lipinski definition) is 4. The standard InChI is InChI=1S/C13H20N2O5/c1-2-3-11(12(17)18)14-13(19)15-6-4-10(5-7-15)20-9-8-16/h1,10-11,16H,3-9H2,(H,14,19)(H,17,18). The Bertz CT molecular complexity index is 371. The van der Waals surface area contributed by atoms with Crippen LogP contribution in [0.15, 0.2) is 0 Å². The smallest absolute Gasteiger partial charge is 0.327 e. The van der Waals surface area contributed by atoms with Crippen LogP contribution in [0.25, 0.3) is 0 Å². The fourth-order valence-corrected chi connectivity index (χ4v) is 2.00. The van der Waals surface area contributed by atoms with Crippen molar-refractivity contribution in [3.05, 3.63) is 0 Å². The van der Waals surface area contributed by atoms with Crippen molar-refractivity contribution in [1.29, 1.82) is 0 Å². The molecule has 1 fully saturated rings. The number of carboxylic acids is 1. The summed E-state index contributed by atoms with van der Waals surface area (Å²) in [6, 6.07) is -1.48. The SMILES string of the molecule is C#CCC(NC(=O)N1CCC(OCCO)CC1)C(=O)O. The predicted octanol–water partition coefficient (Wildman–Crippen LogP) is -0.354. The third-order valence-electron chi connectivity index (χ3n) is 3.09. The summed E-state index contributed by atoms with van der Waals surface area (Å²) in [7, 11) is 0. The van der Waals surface area contributed by atoms with Gasteiger partial charge in [-0.25, -0.2) is 9.59 Å². The highest BCUT2D eigenvalue weighted by molar-refractivity contribution is 5.82. The second kappa shape index (κ2) is 8.40. The van der Waals surface area contributed by atoms with Gasteiger partial charge in [0, 0.05) is 19.5 Å². The molecule has 7 heteroatoms. The van der Waals surface area contributed by atoms with Gasteiger partial charge in [0.2, 0.25) is 0 Å². The number of aliphatic hydroxyl groups is 1. The van der Waals surface area contributed by atoms with E-state index in [1.807, 2.05) is 0 Å². The molecule has 3 N–H and O–H groups in total. The minimum atomic E-state index is -1.14. The number of piperidine rings is 1. The number of ether oxygens (including phenoxy) is 1. The fourth-order valence-electron chi connectivity index (χ4n) is 2.00. The first-order valence-electron chi connectivity index (χ1n) is 6.52. The maximum absolute atomic E-state index is 11.9. The number of terminal acetylenes is 1. The van der Waals surface area contributed by atoms with Crippen molar-refractivity contribution in [1.82, 2.24) is 10.2 Å². The normalized spacial score (nSPS) is 17.3. The Morgan fingerprint density at radius 1 is 1.45 bits per heavy atom. The highest BCUT2D eigenvalue weighted by Gasteiger charge is 2.26. The van der Waals surface area contributed by atoms with Gasteiger partial charge in [-0.05, 0) is 12.8 Å². The van der Waals surface area contributed by atoms with E-state index in [1.165, 1.54) is 0 Å². The summed E-state index contributed by atoms with van der Waals surface area (Å²) < 4.78 is 5.39. The number of nitrogens with one attached hydrogen (secondary N) is 1. The molecule has 1 aliphatic heterocycles. The number of aliphatic carboxylic acids is 1. The van der Waals surface area contributed by atoms with E-state index in [9.17, 15) is 9.59 Å². The van der Waals surface area contributed by atoms with Crippen molar-refractivity contribution in [2.45, 2.75) is 31.4 Å². The largest absolute Gasteiger partial charge is 0.480 e. The number of hydrogen-bond donors (Lipinski definition) is 3. The number of urea groups is 1. The van der Waals surface area contributed by atoms with Gasteiger partial charge in [0.1, 0.15) is 6.04 Å². The number of carboxylic acid groups (broad SMARTS) is 1. The van der Waals surface area contributed by atoms with Crippen LogP contribution in [0.2, 0.25) is 0 Å². The predicted molar refractivity (Wildman–Crippen MR) is 71.0 cm³/mol. The summed E-state index contributed by atoms with van der Waals surface area (Å²) in [4.78, 5) is 24.4. The van der Waals surface area contributed by atoms with E-state index < -0.39 is 18.0 Å². The van der Waals surface area contributed by atoms with Crippen LogP contribution >= 0.6 is 0 Å². The van der Waals surface area contributed by atoms with Gasteiger partial charge in [-0.15, -0.1) is 12.3 Å². The lowest BCUT2D eigenvalue weighted by atomic mass is 10.1. The van der Waals surface area contributed by atoms with Gasteiger partial charge in [-0.2, -0.15) is 0 Å². The third kappa shape index (κ3) is 5.07. The van der Waals surface area contributed by atoms with Crippen LogP contribution in [0, 0.1) is 12.3 Å². The first-order chi connectivity index (χ1) is 9.58. The minimum absolute atomic E-state index is 0.0208. The zero-order valence-corrected chi connectivity index (χ0v) is 11.2. The topological polar surface area (TPSA) is 99.1 Å². The highest BCUT2D eigenvalue weighted by Crippen LogP contribution is 2.13. The van der Waals surface area contributed by atoms with Crippen LogP contribution < -0.4 is 5.32 Å². The number of amides is 2. The summed E-state index contributed by atoms with van der Waals surface area (Å²) in [6.45, 7) is 1.25. The van der Waals surface area contributed by atoms with Crippen LogP contribution in [0.4, 0.5) is 4.79 Å². The van der Waals surface area contributed by atoms with E-state index in [0.29, 0.717) is 32.5 Å². The van der Waals surface area contributed by atoms with Crippen LogP contribution in [0.1, 0.15) is 19.3 Å². The Morgan fingerprint density at radius 3 is 2.60 bits per heavy atom. The lowest BCUT2D eigenvalue weighted by Crippen LogP contribution is -2.50. The molecule has 0 aromatic carbocycles. The molecule has 0 aromatic rings. The van der Waals surface area contributed by atoms with Crippen molar-refractivity contribution in [3.63, 3.8) is 0 Å². The maximum atomic E-state index is 11.9. The lowest BCUT2D eigenvalue weighted by Gasteiger charge is -2.32. The van der Waals surface area contributed by atoms with Crippen molar-refractivity contribution < 1.29 is 24.5 Å². The molecule has 0 aliphatic carbocycles. The molecule has 112 valence electrons. The van der Waals surface area contributed by atoms with Crippen molar-refractivity contribution >= 4 is 12.0 Å². The van der Waals surface area contributed by atoms with E-state index in [0.717, 1.165) is 0 Å². The van der Waals surface area contributed by atoms with E-state index >= 15 is 0 Å². The molecule has 1 aliphatic rings. The molecule has 1 unspecified atom stereocenters. The maximum Gasteiger partial charge on any atom is 0.327 e. The molecule has 0 radical (unpaired) electrons. The monoisotopic (exact) mass is 284 g/mol. The van der Waals surface area contributed by atoms with Gasteiger partial charge in [-0.3, -0.25) is 0 Å². The molecule has 0 spiro atoms. The number of carbonyl (C=O) groups excluding carboxylic acids is 1. The van der Waals surface area contributed by atoms with Gasteiger partial charge < -0.3 is 25.2 Å². The molecular formula is C13H20N2O5. The number of likely N-dealkylation sites (tertiary alicyclic amines) is 1. The molecule has 2 amide bonds. The van der Waals surface area contributed by atoms with E-state index in [2.05, 4.69) is 11.2 Å². The Labute approximate surface area is 117 Å². The zero-order valence-electron chi connectivity index (χ0n) is 11.2. The second-order valence-corrected chi connectivity index (χ2v) is 4.53. The summed E-state index contributed by atoms with van der Waals surface area (Å²) in [5.74, 6) is 1.09. The van der Waals surface area contributed by atoms with Crippen molar-refractivity contribution in [2.24, 2.45) is 0 Å². The Balaban J connectivity index is 2.38. The molecule has 0 saturated carbocycles. The molecule has 1 saturated heterocycles. The zero-order chi connectivity index (χ0) is 15.0. The van der Waals surface area contributed by atoms with Crippen molar-refractivity contribution in [2.75, 3.05) is 26.3 Å². The second-order valence-electron chi connectivity index (χ2n) is 4.53. The molecule has 7 nitrogen and oxygen atoms in total. The molecule has 1 atom stereocenters. The number of aliphatic hydroxyl groups excluding tert-OH is 1. The lowest BCUT2D eigenvalue weighted by molar-refractivity contribution is -0.139. The molecule has 0 bridgehead atoms. The van der Waals surface area contributed by atoms with Gasteiger partial charge in [0.25, 0.3) is 0 Å². The van der Waals surface area contributed by atoms with Crippen LogP contribution in [0.5, 0.6) is 0 Å². The average Bonchev–Trinajstić information content (AvgIpc) is 2.45. The minimum Gasteiger partial charge on any atom is -0.480 e. The molecule has 0 aromatic heterocycles. The molecular weight excluding hydrogens is 264 g/mol. The van der Waals surface area contributed by atoms with E-state index in [4.69, 9.17) is 21.4 Å². The first-order valence-corrected chi connectivity index (χ1v) is 6.52. The van der Waals surface area contributed by atoms with Crippen LogP contribution in [0.3, 0.4) is 0 Å². The number of rotatable bonds is 6. The van der Waals surface area contributed by atoms with Gasteiger partial charge in [0.15, 0.2) is 0 Å². The Kier molecular flexibility index (Phi) is 6.84. The van der Waals surface area contributed by atoms with E-state index in [-0.39, 0.29) is 19.1 Å². The van der Waals surface area contributed by atoms with Crippen LogP contribution in [-0.2, 0) is 9.53 Å². The number of carbonyl (C=O) groups is 2. The third-order valence-corrected chi connectivity index (χ3v) is 3.09. The Morgan fingerprint density at radius 2 is 2.10 bits per heavy atom.